The van der Waals surface area contributed by atoms with Crippen molar-refractivity contribution in [1.82, 2.24) is 9.47 Å². The lowest BCUT2D eigenvalue weighted by atomic mass is 9.95. The van der Waals surface area contributed by atoms with Crippen molar-refractivity contribution in [3.63, 3.8) is 0 Å². The van der Waals surface area contributed by atoms with Crippen LogP contribution in [-0.2, 0) is 19.4 Å². The fraction of sp³-hybridized carbons (Fsp3) is 0.222. The average molecular weight is 492 g/mol. The number of hydrogen-bond acceptors (Lipinski definition) is 2. The number of nitrogens with zero attached hydrogens (tertiary/aromatic N) is 2. The van der Waals surface area contributed by atoms with Gasteiger partial charge in [-0.2, -0.15) is 0 Å². The number of amides is 2. The molecule has 0 spiro atoms. The molecule has 4 aromatic rings. The van der Waals surface area contributed by atoms with E-state index in [0.29, 0.717) is 17.3 Å². The molecule has 0 bridgehead atoms. The van der Waals surface area contributed by atoms with Crippen LogP contribution in [0.2, 0.25) is 5.02 Å². The van der Waals surface area contributed by atoms with Crippen LogP contribution in [0.3, 0.4) is 0 Å². The van der Waals surface area contributed by atoms with Gasteiger partial charge >= 0.3 is 6.03 Å². The number of benzene rings is 2. The number of hydrogen-bond donors (Lipinski definition) is 1. The molecule has 1 aliphatic carbocycles. The molecule has 172 valence electrons. The second-order valence-electron chi connectivity index (χ2n) is 8.82. The summed E-state index contributed by atoms with van der Waals surface area (Å²) in [7, 11) is 0. The second-order valence-corrected chi connectivity index (χ2v) is 10.3. The Kier molecular flexibility index (Phi) is 5.42. The van der Waals surface area contributed by atoms with Crippen molar-refractivity contribution in [3.8, 4) is 5.00 Å². The van der Waals surface area contributed by atoms with Crippen molar-refractivity contribution >= 4 is 34.7 Å². The summed E-state index contributed by atoms with van der Waals surface area (Å²) in [6.07, 6.45) is 6.56. The van der Waals surface area contributed by atoms with E-state index in [2.05, 4.69) is 16.1 Å². The van der Waals surface area contributed by atoms with E-state index in [1.54, 1.807) is 30.3 Å². The number of thiophene rings is 1. The Hall–Kier alpha value is -3.09. The summed E-state index contributed by atoms with van der Waals surface area (Å²) in [6.45, 7) is 0.462. The molecule has 2 amide bonds. The first-order valence-electron chi connectivity index (χ1n) is 11.5. The molecular weight excluding hydrogens is 469 g/mol. The van der Waals surface area contributed by atoms with Crippen molar-refractivity contribution in [2.24, 2.45) is 0 Å². The molecular formula is C27H23ClFN3OS. The van der Waals surface area contributed by atoms with Crippen LogP contribution < -0.4 is 5.32 Å². The molecule has 2 aromatic carbocycles. The zero-order valence-corrected chi connectivity index (χ0v) is 20.0. The highest BCUT2D eigenvalue weighted by Gasteiger charge is 2.36. The van der Waals surface area contributed by atoms with Gasteiger partial charge in [0.2, 0.25) is 0 Å². The van der Waals surface area contributed by atoms with Crippen LogP contribution in [0.25, 0.3) is 5.00 Å². The standard InChI is InChI=1S/C27H23ClFN3OS/c28-18-10-12-20(13-11-18)30-27(33)32-16-22-21-7-1-2-9-24(21)34-26(22)31-14-4-8-23(31)25(32)17-5-3-6-19(29)15-17/h3-6,8,10-15,25H,1-2,7,9,16H2,(H,30,33)/t25-/m1/s1. The third kappa shape index (κ3) is 3.71. The Morgan fingerprint density at radius 2 is 1.85 bits per heavy atom. The molecule has 0 fully saturated rings. The van der Waals surface area contributed by atoms with E-state index < -0.39 is 6.04 Å². The summed E-state index contributed by atoms with van der Waals surface area (Å²) in [6, 6.07) is 17.0. The average Bonchev–Trinajstić information content (AvgIpc) is 3.42. The van der Waals surface area contributed by atoms with Crippen LogP contribution >= 0.6 is 22.9 Å². The minimum Gasteiger partial charge on any atom is -0.310 e. The van der Waals surface area contributed by atoms with Gasteiger partial charge in [0.25, 0.3) is 0 Å². The van der Waals surface area contributed by atoms with Crippen molar-refractivity contribution < 1.29 is 9.18 Å². The topological polar surface area (TPSA) is 37.3 Å². The van der Waals surface area contributed by atoms with Crippen molar-refractivity contribution in [2.45, 2.75) is 38.3 Å². The lowest BCUT2D eigenvalue weighted by Crippen LogP contribution is -2.38. The number of fused-ring (bicyclic) bond motifs is 5. The van der Waals surface area contributed by atoms with Crippen molar-refractivity contribution in [2.75, 3.05) is 5.32 Å². The molecule has 7 heteroatoms. The van der Waals surface area contributed by atoms with Crippen LogP contribution in [0.15, 0.2) is 66.9 Å². The van der Waals surface area contributed by atoms with E-state index in [4.69, 9.17) is 11.6 Å². The lowest BCUT2D eigenvalue weighted by molar-refractivity contribution is 0.194. The van der Waals surface area contributed by atoms with E-state index in [1.807, 2.05) is 34.4 Å². The number of carbonyl (C=O) groups excluding carboxylic acids is 1. The Morgan fingerprint density at radius 3 is 2.68 bits per heavy atom. The maximum atomic E-state index is 14.3. The molecule has 2 aromatic heterocycles. The van der Waals surface area contributed by atoms with Crippen molar-refractivity contribution in [3.05, 3.63) is 105 Å². The zero-order chi connectivity index (χ0) is 23.2. The SMILES string of the molecule is O=C(Nc1ccc(Cl)cc1)N1Cc2c(sc3c2CCCC3)-n2cccc2[C@H]1c1cccc(F)c1. The summed E-state index contributed by atoms with van der Waals surface area (Å²) in [5.41, 5.74) is 4.96. The van der Waals surface area contributed by atoms with E-state index in [0.717, 1.165) is 24.1 Å². The highest BCUT2D eigenvalue weighted by molar-refractivity contribution is 7.15. The van der Waals surface area contributed by atoms with Gasteiger partial charge in [-0.1, -0.05) is 23.7 Å². The summed E-state index contributed by atoms with van der Waals surface area (Å²) < 4.78 is 16.5. The molecule has 0 saturated carbocycles. The van der Waals surface area contributed by atoms with Crippen LogP contribution in [0.1, 0.15) is 46.1 Å². The monoisotopic (exact) mass is 491 g/mol. The van der Waals surface area contributed by atoms with Crippen LogP contribution in [-0.4, -0.2) is 15.5 Å². The molecule has 4 nitrogen and oxygen atoms in total. The first-order chi connectivity index (χ1) is 16.6. The molecule has 1 atom stereocenters. The molecule has 1 aliphatic heterocycles. The van der Waals surface area contributed by atoms with E-state index >= 15 is 0 Å². The van der Waals surface area contributed by atoms with Gasteiger partial charge in [-0.25, -0.2) is 9.18 Å². The quantitative estimate of drug-likeness (QED) is 0.313. The minimum absolute atomic E-state index is 0.229. The fourth-order valence-electron chi connectivity index (χ4n) is 5.14. The molecule has 2 aliphatic rings. The number of carbonyl (C=O) groups is 1. The first-order valence-corrected chi connectivity index (χ1v) is 12.7. The third-order valence-corrected chi connectivity index (χ3v) is 8.29. The maximum Gasteiger partial charge on any atom is 0.322 e. The van der Waals surface area contributed by atoms with Gasteiger partial charge in [0.05, 0.1) is 18.3 Å². The van der Waals surface area contributed by atoms with Gasteiger partial charge in [0.1, 0.15) is 10.8 Å². The van der Waals surface area contributed by atoms with E-state index in [9.17, 15) is 9.18 Å². The molecule has 34 heavy (non-hydrogen) atoms. The number of urea groups is 1. The van der Waals surface area contributed by atoms with Crippen LogP contribution in [0.5, 0.6) is 0 Å². The number of anilines is 1. The number of aryl methyl sites for hydroxylation is 1. The fourth-order valence-corrected chi connectivity index (χ4v) is 6.67. The minimum atomic E-state index is -0.433. The molecule has 6 rings (SSSR count). The summed E-state index contributed by atoms with van der Waals surface area (Å²) in [4.78, 5) is 17.1. The Bertz CT molecular complexity index is 1380. The van der Waals surface area contributed by atoms with Gasteiger partial charge in [-0.05, 0) is 85.3 Å². The lowest BCUT2D eigenvalue weighted by Gasteiger charge is -2.31. The third-order valence-electron chi connectivity index (χ3n) is 6.70. The predicted octanol–water partition coefficient (Wildman–Crippen LogP) is 7.35. The summed E-state index contributed by atoms with van der Waals surface area (Å²) in [5, 5.41) is 4.82. The molecule has 3 heterocycles. The van der Waals surface area contributed by atoms with Gasteiger partial charge in [-0.3, -0.25) is 0 Å². The zero-order valence-electron chi connectivity index (χ0n) is 18.4. The summed E-state index contributed by atoms with van der Waals surface area (Å²) >= 11 is 7.87. The molecule has 1 N–H and O–H groups in total. The number of aromatic nitrogens is 1. The largest absolute Gasteiger partial charge is 0.322 e. The summed E-state index contributed by atoms with van der Waals surface area (Å²) in [5.74, 6) is -0.315. The van der Waals surface area contributed by atoms with E-state index in [-0.39, 0.29) is 11.8 Å². The highest BCUT2D eigenvalue weighted by Crippen LogP contribution is 2.44. The first kappa shape index (κ1) is 21.4. The number of rotatable bonds is 2. The Balaban J connectivity index is 1.50. The van der Waals surface area contributed by atoms with Gasteiger partial charge in [0, 0.05) is 27.3 Å². The van der Waals surface area contributed by atoms with Gasteiger partial charge in [-0.15, -0.1) is 11.3 Å². The highest BCUT2D eigenvalue weighted by atomic mass is 35.5. The Morgan fingerprint density at radius 1 is 1.03 bits per heavy atom. The van der Waals surface area contributed by atoms with Gasteiger partial charge < -0.3 is 14.8 Å². The normalized spacial score (nSPS) is 16.9. The van der Waals surface area contributed by atoms with Crippen LogP contribution in [0, 0.1) is 5.82 Å². The predicted molar refractivity (Wildman–Crippen MR) is 135 cm³/mol. The molecule has 0 saturated heterocycles. The smallest absolute Gasteiger partial charge is 0.310 e. The van der Waals surface area contributed by atoms with E-state index in [1.165, 1.54) is 46.0 Å². The van der Waals surface area contributed by atoms with Crippen molar-refractivity contribution in [1.29, 1.82) is 0 Å². The second kappa shape index (κ2) is 8.60. The van der Waals surface area contributed by atoms with Gasteiger partial charge in [0.15, 0.2) is 0 Å². The molecule has 0 unspecified atom stereocenters. The maximum absolute atomic E-state index is 14.3. The number of halogens is 2. The molecule has 0 radical (unpaired) electrons. The Labute approximate surface area is 206 Å². The van der Waals surface area contributed by atoms with Crippen LogP contribution in [0.4, 0.5) is 14.9 Å². The number of nitrogens with one attached hydrogen (secondary N) is 1.